The third-order valence-electron chi connectivity index (χ3n) is 4.77. The van der Waals surface area contributed by atoms with Crippen LogP contribution in [0.5, 0.6) is 0 Å². The molecule has 0 aromatic carbocycles. The molecule has 2 aliphatic heterocycles. The number of likely N-dealkylation sites (tertiary alicyclic amines) is 1. The number of nitriles is 1. The highest BCUT2D eigenvalue weighted by Gasteiger charge is 2.38. The van der Waals surface area contributed by atoms with E-state index in [1.165, 1.54) is 0 Å². The molecule has 0 aliphatic carbocycles. The van der Waals surface area contributed by atoms with Crippen LogP contribution < -0.4 is 5.84 Å². The lowest BCUT2D eigenvalue weighted by molar-refractivity contribution is -0.192. The Labute approximate surface area is 183 Å². The third-order valence-corrected chi connectivity index (χ3v) is 5.79. The fourth-order valence-corrected chi connectivity index (χ4v) is 4.15. The van der Waals surface area contributed by atoms with Gasteiger partial charge in [0.15, 0.2) is 0 Å². The maximum Gasteiger partial charge on any atom is 0.490 e. The zero-order valence-electron chi connectivity index (χ0n) is 17.7. The van der Waals surface area contributed by atoms with Gasteiger partial charge in [-0.15, -0.1) is 11.8 Å². The third kappa shape index (κ3) is 8.19. The number of alkyl halides is 3. The maximum absolute atomic E-state index is 12.3. The lowest BCUT2D eigenvalue weighted by Crippen LogP contribution is -2.54. The van der Waals surface area contributed by atoms with Crippen LogP contribution in [-0.4, -0.2) is 87.2 Å². The number of thioether (sulfide) groups is 1. The van der Waals surface area contributed by atoms with Gasteiger partial charge in [0.25, 0.3) is 0 Å². The molecule has 0 bridgehead atoms. The molecule has 0 aromatic rings. The Bertz CT molecular complexity index is 700. The van der Waals surface area contributed by atoms with E-state index >= 15 is 0 Å². The number of hydrogen-bond acceptors (Lipinski definition) is 7. The van der Waals surface area contributed by atoms with E-state index in [9.17, 15) is 22.8 Å². The smallest absolute Gasteiger partial charge is 0.475 e. The van der Waals surface area contributed by atoms with Crippen LogP contribution in [0, 0.1) is 16.7 Å². The van der Waals surface area contributed by atoms with Gasteiger partial charge < -0.3 is 14.9 Å². The van der Waals surface area contributed by atoms with Crippen LogP contribution in [0.25, 0.3) is 0 Å². The van der Waals surface area contributed by atoms with Gasteiger partial charge in [-0.2, -0.15) is 18.4 Å². The first-order chi connectivity index (χ1) is 14.2. The predicted molar refractivity (Wildman–Crippen MR) is 107 cm³/mol. The lowest BCUT2D eigenvalue weighted by atomic mass is 9.93. The Morgan fingerprint density at radius 2 is 1.74 bits per heavy atom. The van der Waals surface area contributed by atoms with Crippen LogP contribution in [0.15, 0.2) is 0 Å². The number of carbonyl (C=O) groups is 3. The van der Waals surface area contributed by atoms with Crippen molar-refractivity contribution in [2.24, 2.45) is 11.3 Å². The van der Waals surface area contributed by atoms with E-state index < -0.39 is 12.1 Å². The number of hydrazine groups is 1. The maximum atomic E-state index is 12.3. The Balaban J connectivity index is 0.000000592. The minimum absolute atomic E-state index is 0.0914. The van der Waals surface area contributed by atoms with E-state index in [1.54, 1.807) is 21.7 Å². The number of carboxylic acid groups (broad SMARTS) is 1. The summed E-state index contributed by atoms with van der Waals surface area (Å²) < 4.78 is 31.7. The van der Waals surface area contributed by atoms with Crippen LogP contribution in [0.4, 0.5) is 13.2 Å². The van der Waals surface area contributed by atoms with E-state index in [0.29, 0.717) is 24.7 Å². The predicted octanol–water partition coefficient (Wildman–Crippen LogP) is 1.26. The van der Waals surface area contributed by atoms with Crippen molar-refractivity contribution in [2.75, 3.05) is 31.3 Å². The minimum Gasteiger partial charge on any atom is -0.475 e. The molecule has 31 heavy (non-hydrogen) atoms. The van der Waals surface area contributed by atoms with Crippen LogP contribution in [0.2, 0.25) is 0 Å². The monoisotopic (exact) mass is 467 g/mol. The summed E-state index contributed by atoms with van der Waals surface area (Å²) in [5.74, 6) is 4.64. The molecule has 2 saturated heterocycles. The summed E-state index contributed by atoms with van der Waals surface area (Å²) in [5.41, 5.74) is -0.370. The molecule has 1 atom stereocenters. The van der Waals surface area contributed by atoms with Gasteiger partial charge in [-0.05, 0) is 12.8 Å². The van der Waals surface area contributed by atoms with Crippen molar-refractivity contribution in [1.29, 1.82) is 5.26 Å². The van der Waals surface area contributed by atoms with E-state index in [1.807, 2.05) is 25.7 Å². The number of aliphatic carboxylic acids is 1. The molecule has 2 fully saturated rings. The molecule has 0 unspecified atom stereocenters. The van der Waals surface area contributed by atoms with Gasteiger partial charge in [0, 0.05) is 30.3 Å². The zero-order valence-corrected chi connectivity index (χ0v) is 18.5. The van der Waals surface area contributed by atoms with E-state index in [4.69, 9.17) is 21.0 Å². The second-order valence-electron chi connectivity index (χ2n) is 8.26. The fourth-order valence-electron chi connectivity index (χ4n) is 3.05. The number of amides is 2. The molecule has 3 N–H and O–H groups in total. The van der Waals surface area contributed by atoms with Gasteiger partial charge in [-0.25, -0.2) is 9.80 Å². The van der Waals surface area contributed by atoms with Gasteiger partial charge in [-0.3, -0.25) is 15.4 Å². The number of hydrogen-bond donors (Lipinski definition) is 2. The summed E-state index contributed by atoms with van der Waals surface area (Å²) in [7, 11) is 0. The average Bonchev–Trinajstić information content (AvgIpc) is 3.15. The molecule has 2 heterocycles. The minimum atomic E-state index is -5.08. The topological polar surface area (TPSA) is 131 Å². The number of rotatable bonds is 3. The normalized spacial score (nSPS) is 20.2. The van der Waals surface area contributed by atoms with Gasteiger partial charge in [0.2, 0.25) is 11.8 Å². The molecule has 0 saturated carbocycles. The molecule has 0 spiro atoms. The first kappa shape index (κ1) is 27.0. The van der Waals surface area contributed by atoms with Gasteiger partial charge in [0.05, 0.1) is 18.5 Å². The average molecular weight is 468 g/mol. The van der Waals surface area contributed by atoms with Crippen molar-refractivity contribution in [3.8, 4) is 6.07 Å². The van der Waals surface area contributed by atoms with Gasteiger partial charge >= 0.3 is 12.1 Å². The van der Waals surface area contributed by atoms with Crippen LogP contribution >= 0.6 is 11.8 Å². The summed E-state index contributed by atoms with van der Waals surface area (Å²) in [6.45, 7) is 7.24. The highest BCUT2D eigenvalue weighted by Crippen LogP contribution is 2.23. The SMILES string of the molecule is CC(C)(C)C(=O)N1CCC(N(N)CC(=O)N2CSC[C@H]2C#N)CC1.O=C(O)C(F)(F)F. The molecule has 2 rings (SSSR count). The second kappa shape index (κ2) is 11.0. The molecular formula is C18H28F3N5O4S. The molecule has 176 valence electrons. The largest absolute Gasteiger partial charge is 0.490 e. The van der Waals surface area contributed by atoms with Crippen molar-refractivity contribution in [3.05, 3.63) is 0 Å². The van der Waals surface area contributed by atoms with Crippen molar-refractivity contribution in [1.82, 2.24) is 14.8 Å². The molecule has 2 aliphatic rings. The molecule has 13 heteroatoms. The van der Waals surface area contributed by atoms with Gasteiger partial charge in [-0.1, -0.05) is 20.8 Å². The number of nitrogens with two attached hydrogens (primary N) is 1. The fraction of sp³-hybridized carbons (Fsp3) is 0.778. The number of nitrogens with zero attached hydrogens (tertiary/aromatic N) is 4. The Hall–Kier alpha value is -2.04. The first-order valence-electron chi connectivity index (χ1n) is 9.56. The first-order valence-corrected chi connectivity index (χ1v) is 10.7. The van der Waals surface area contributed by atoms with E-state index in [-0.39, 0.29) is 35.9 Å². The number of piperidine rings is 1. The highest BCUT2D eigenvalue weighted by atomic mass is 32.2. The second-order valence-corrected chi connectivity index (χ2v) is 9.26. The quantitative estimate of drug-likeness (QED) is 0.469. The van der Waals surface area contributed by atoms with Crippen LogP contribution in [0.3, 0.4) is 0 Å². The van der Waals surface area contributed by atoms with Crippen molar-refractivity contribution in [3.63, 3.8) is 0 Å². The van der Waals surface area contributed by atoms with Gasteiger partial charge in [0.1, 0.15) is 6.04 Å². The van der Waals surface area contributed by atoms with E-state index in [2.05, 4.69) is 6.07 Å². The molecule has 2 amide bonds. The van der Waals surface area contributed by atoms with Crippen molar-refractivity contribution in [2.45, 2.75) is 51.9 Å². The summed E-state index contributed by atoms with van der Waals surface area (Å²) in [6.07, 6.45) is -3.55. The lowest BCUT2D eigenvalue weighted by Gasteiger charge is -2.38. The summed E-state index contributed by atoms with van der Waals surface area (Å²) in [6, 6.07) is 1.91. The Morgan fingerprint density at radius 3 is 2.16 bits per heavy atom. The zero-order chi connectivity index (χ0) is 24.0. The number of carboxylic acids is 1. The Kier molecular flexibility index (Phi) is 9.59. The standard InChI is InChI=1S/C16H27N5O2S.C2HF3O2/c1-16(2,3)15(23)19-6-4-12(5-7-19)21(18)9-14(22)20-11-24-10-13(20)8-17;3-2(4,5)1(6)7/h12-13H,4-7,9-11,18H2,1-3H3;(H,6,7)/t13-;/m1./s1. The number of halogens is 3. The van der Waals surface area contributed by atoms with Crippen LogP contribution in [-0.2, 0) is 14.4 Å². The van der Waals surface area contributed by atoms with Crippen LogP contribution in [0.1, 0.15) is 33.6 Å². The summed E-state index contributed by atoms with van der Waals surface area (Å²) >= 11 is 1.59. The molecule has 0 radical (unpaired) electrons. The number of carbonyl (C=O) groups excluding carboxylic acids is 2. The van der Waals surface area contributed by atoms with E-state index in [0.717, 1.165) is 12.8 Å². The van der Waals surface area contributed by atoms with Crippen molar-refractivity contribution >= 4 is 29.5 Å². The molecular weight excluding hydrogens is 439 g/mol. The molecule has 9 nitrogen and oxygen atoms in total. The summed E-state index contributed by atoms with van der Waals surface area (Å²) in [5, 5.41) is 17.8. The Morgan fingerprint density at radius 1 is 1.23 bits per heavy atom. The summed E-state index contributed by atoms with van der Waals surface area (Å²) in [4.78, 5) is 37.0. The van der Waals surface area contributed by atoms with Crippen molar-refractivity contribution < 1.29 is 32.7 Å². The highest BCUT2D eigenvalue weighted by molar-refractivity contribution is 7.99. The molecule has 0 aromatic heterocycles.